The molecule has 3 heterocycles. The Hall–Kier alpha value is -2.37. The summed E-state index contributed by atoms with van der Waals surface area (Å²) >= 11 is 0. The third kappa shape index (κ3) is 4.63. The average Bonchev–Trinajstić information content (AvgIpc) is 3.01. The Bertz CT molecular complexity index is 936. The maximum absolute atomic E-state index is 11.7. The predicted octanol–water partition coefficient (Wildman–Crippen LogP) is 3.45. The molecule has 5 rings (SSSR count). The van der Waals surface area contributed by atoms with Crippen molar-refractivity contribution in [1.29, 1.82) is 0 Å². The molecule has 0 atom stereocenters. The van der Waals surface area contributed by atoms with Crippen molar-refractivity contribution in [2.45, 2.75) is 51.9 Å². The quantitative estimate of drug-likeness (QED) is 0.764. The molecule has 5 nitrogen and oxygen atoms in total. The fraction of sp³-hybridized carbons (Fsp3) is 0.500. The van der Waals surface area contributed by atoms with Crippen molar-refractivity contribution in [3.05, 3.63) is 64.7 Å². The fourth-order valence-corrected chi connectivity index (χ4v) is 5.37. The van der Waals surface area contributed by atoms with E-state index in [-0.39, 0.29) is 5.91 Å². The van der Waals surface area contributed by atoms with E-state index in [1.807, 2.05) is 4.90 Å². The van der Waals surface area contributed by atoms with Gasteiger partial charge < -0.3 is 9.64 Å². The summed E-state index contributed by atoms with van der Waals surface area (Å²) in [5.74, 6) is 1.24. The normalized spacial score (nSPS) is 20.5. The summed E-state index contributed by atoms with van der Waals surface area (Å²) in [5.41, 5.74) is 5.65. The van der Waals surface area contributed by atoms with E-state index in [1.54, 1.807) is 6.92 Å². The van der Waals surface area contributed by atoms with Crippen LogP contribution in [0.4, 0.5) is 0 Å². The summed E-state index contributed by atoms with van der Waals surface area (Å²) in [6, 6.07) is 16.1. The van der Waals surface area contributed by atoms with Crippen molar-refractivity contribution in [3.8, 4) is 5.75 Å². The van der Waals surface area contributed by atoms with Gasteiger partial charge in [-0.2, -0.15) is 0 Å². The highest BCUT2D eigenvalue weighted by atomic mass is 16.5. The molecule has 0 aliphatic carbocycles. The summed E-state index contributed by atoms with van der Waals surface area (Å²) < 4.78 is 6.10. The second-order valence-electron chi connectivity index (χ2n) is 9.23. The summed E-state index contributed by atoms with van der Waals surface area (Å²) in [4.78, 5) is 18.8. The predicted molar refractivity (Wildman–Crippen MR) is 122 cm³/mol. The van der Waals surface area contributed by atoms with E-state index < -0.39 is 0 Å². The first-order valence-electron chi connectivity index (χ1n) is 11.7. The third-order valence-electron chi connectivity index (χ3n) is 7.18. The third-order valence-corrected chi connectivity index (χ3v) is 7.18. The van der Waals surface area contributed by atoms with Crippen molar-refractivity contribution in [2.24, 2.45) is 0 Å². The van der Waals surface area contributed by atoms with Crippen molar-refractivity contribution in [2.75, 3.05) is 32.8 Å². The Morgan fingerprint density at radius 2 is 1.77 bits per heavy atom. The maximum Gasteiger partial charge on any atom is 0.219 e. The number of nitrogens with zero attached hydrogens (tertiary/aromatic N) is 3. The first-order valence-corrected chi connectivity index (χ1v) is 11.7. The topological polar surface area (TPSA) is 36.0 Å². The molecule has 1 amide bonds. The van der Waals surface area contributed by atoms with E-state index in [0.717, 1.165) is 77.4 Å². The molecule has 1 saturated heterocycles. The minimum atomic E-state index is 0.202. The number of rotatable bonds is 3. The molecule has 0 unspecified atom stereocenters. The van der Waals surface area contributed by atoms with Gasteiger partial charge in [0.15, 0.2) is 0 Å². The lowest BCUT2D eigenvalue weighted by molar-refractivity contribution is -0.130. The molecule has 31 heavy (non-hydrogen) atoms. The first-order chi connectivity index (χ1) is 15.2. The summed E-state index contributed by atoms with van der Waals surface area (Å²) in [6.07, 6.45) is 3.25. The molecule has 0 radical (unpaired) electrons. The Morgan fingerprint density at radius 1 is 0.968 bits per heavy atom. The highest BCUT2D eigenvalue weighted by molar-refractivity contribution is 5.73. The number of likely N-dealkylation sites (tertiary alicyclic amines) is 1. The van der Waals surface area contributed by atoms with Crippen LogP contribution in [-0.4, -0.2) is 59.4 Å². The highest BCUT2D eigenvalue weighted by Crippen LogP contribution is 2.29. The van der Waals surface area contributed by atoms with Gasteiger partial charge in [0, 0.05) is 64.3 Å². The number of amides is 1. The smallest absolute Gasteiger partial charge is 0.219 e. The van der Waals surface area contributed by atoms with Gasteiger partial charge in [0.2, 0.25) is 5.91 Å². The highest BCUT2D eigenvalue weighted by Gasteiger charge is 2.28. The number of benzene rings is 2. The number of carbonyl (C=O) groups excluding carboxylic acids is 1. The Balaban J connectivity index is 1.25. The van der Waals surface area contributed by atoms with Gasteiger partial charge in [-0.3, -0.25) is 14.6 Å². The number of fused-ring (bicyclic) bond motifs is 2. The molecular weight excluding hydrogens is 386 g/mol. The van der Waals surface area contributed by atoms with Crippen LogP contribution in [0.1, 0.15) is 42.0 Å². The van der Waals surface area contributed by atoms with E-state index in [4.69, 9.17) is 4.74 Å². The van der Waals surface area contributed by atoms with Crippen molar-refractivity contribution >= 4 is 5.91 Å². The monoisotopic (exact) mass is 419 g/mol. The average molecular weight is 420 g/mol. The van der Waals surface area contributed by atoms with Gasteiger partial charge in [0.1, 0.15) is 12.4 Å². The molecule has 2 aromatic carbocycles. The van der Waals surface area contributed by atoms with Crippen LogP contribution in [0.15, 0.2) is 42.5 Å². The Morgan fingerprint density at radius 3 is 2.58 bits per heavy atom. The van der Waals surface area contributed by atoms with E-state index in [1.165, 1.54) is 22.3 Å². The molecular formula is C26H33N3O2. The second kappa shape index (κ2) is 9.01. The van der Waals surface area contributed by atoms with Crippen LogP contribution in [-0.2, 0) is 30.8 Å². The summed E-state index contributed by atoms with van der Waals surface area (Å²) in [7, 11) is 0. The van der Waals surface area contributed by atoms with Crippen LogP contribution < -0.4 is 4.74 Å². The van der Waals surface area contributed by atoms with Crippen molar-refractivity contribution < 1.29 is 9.53 Å². The number of hydrogen-bond acceptors (Lipinski definition) is 4. The van der Waals surface area contributed by atoms with Gasteiger partial charge in [-0.25, -0.2) is 0 Å². The zero-order valence-electron chi connectivity index (χ0n) is 18.6. The van der Waals surface area contributed by atoms with Crippen LogP contribution in [0.2, 0.25) is 0 Å². The van der Waals surface area contributed by atoms with E-state index in [2.05, 4.69) is 52.3 Å². The number of hydrogen-bond donors (Lipinski definition) is 0. The molecule has 0 saturated carbocycles. The maximum atomic E-state index is 11.7. The molecule has 0 N–H and O–H groups in total. The standard InChI is InChI=1S/C26H33N3O2/c1-20(30)28-12-9-25(10-13-28)29-14-15-31-26-7-6-21(16-24(26)19-29)17-27-11-8-22-4-2-3-5-23(22)18-27/h2-7,16,25H,8-15,17-19H2,1H3. The van der Waals surface area contributed by atoms with Gasteiger partial charge in [-0.1, -0.05) is 30.3 Å². The van der Waals surface area contributed by atoms with Gasteiger partial charge in [-0.15, -0.1) is 0 Å². The van der Waals surface area contributed by atoms with Crippen LogP contribution in [0.5, 0.6) is 5.75 Å². The zero-order valence-corrected chi connectivity index (χ0v) is 18.6. The summed E-state index contributed by atoms with van der Waals surface area (Å²) in [5, 5.41) is 0. The van der Waals surface area contributed by atoms with E-state index in [0.29, 0.717) is 6.04 Å². The molecule has 1 fully saturated rings. The summed E-state index contributed by atoms with van der Waals surface area (Å²) in [6.45, 7) is 9.20. The molecule has 3 aliphatic heterocycles. The SMILES string of the molecule is CC(=O)N1CCC(N2CCOc3ccc(CN4CCc5ccccc5C4)cc3C2)CC1. The molecule has 164 valence electrons. The van der Waals surface area contributed by atoms with Crippen LogP contribution in [0.3, 0.4) is 0 Å². The lowest BCUT2D eigenvalue weighted by Gasteiger charge is -2.37. The van der Waals surface area contributed by atoms with E-state index in [9.17, 15) is 4.79 Å². The van der Waals surface area contributed by atoms with Crippen LogP contribution >= 0.6 is 0 Å². The van der Waals surface area contributed by atoms with E-state index >= 15 is 0 Å². The number of piperidine rings is 1. The van der Waals surface area contributed by atoms with Gasteiger partial charge in [-0.05, 0) is 48.1 Å². The Kier molecular flexibility index (Phi) is 5.97. The van der Waals surface area contributed by atoms with Gasteiger partial charge in [0.25, 0.3) is 0 Å². The first kappa shape index (κ1) is 20.5. The number of carbonyl (C=O) groups is 1. The molecule has 5 heteroatoms. The second-order valence-corrected chi connectivity index (χ2v) is 9.23. The zero-order chi connectivity index (χ0) is 21.2. The minimum Gasteiger partial charge on any atom is -0.492 e. The van der Waals surface area contributed by atoms with Crippen molar-refractivity contribution in [1.82, 2.24) is 14.7 Å². The van der Waals surface area contributed by atoms with Crippen LogP contribution in [0.25, 0.3) is 0 Å². The molecule has 0 bridgehead atoms. The largest absolute Gasteiger partial charge is 0.492 e. The molecule has 2 aromatic rings. The molecule has 0 aromatic heterocycles. The molecule has 3 aliphatic rings. The Labute approximate surface area is 185 Å². The van der Waals surface area contributed by atoms with Crippen molar-refractivity contribution in [3.63, 3.8) is 0 Å². The lowest BCUT2D eigenvalue weighted by Crippen LogP contribution is -2.46. The fourth-order valence-electron chi connectivity index (χ4n) is 5.37. The van der Waals surface area contributed by atoms with Gasteiger partial charge in [0.05, 0.1) is 0 Å². The van der Waals surface area contributed by atoms with Gasteiger partial charge >= 0.3 is 0 Å². The molecule has 0 spiro atoms. The van der Waals surface area contributed by atoms with Crippen LogP contribution in [0, 0.1) is 0 Å². The number of ether oxygens (including phenoxy) is 1. The minimum absolute atomic E-state index is 0.202. The lowest BCUT2D eigenvalue weighted by atomic mass is 9.99.